The zero-order valence-corrected chi connectivity index (χ0v) is 33.3. The van der Waals surface area contributed by atoms with Crippen LogP contribution in [0, 0.1) is 0 Å². The van der Waals surface area contributed by atoms with Crippen LogP contribution in [-0.2, 0) is 0 Å². The zero-order valence-electron chi connectivity index (χ0n) is 33.3. The summed E-state index contributed by atoms with van der Waals surface area (Å²) < 4.78 is 9.06. The van der Waals surface area contributed by atoms with Gasteiger partial charge in [0.25, 0.3) is 0 Å². The minimum atomic E-state index is 0.518. The van der Waals surface area contributed by atoms with Gasteiger partial charge in [0.1, 0.15) is 11.1 Å². The van der Waals surface area contributed by atoms with Crippen molar-refractivity contribution >= 4 is 76.1 Å². The molecule has 0 saturated heterocycles. The van der Waals surface area contributed by atoms with E-state index < -0.39 is 0 Å². The highest BCUT2D eigenvalue weighted by Gasteiger charge is 2.25. The van der Waals surface area contributed by atoms with E-state index in [2.05, 4.69) is 199 Å². The molecule has 0 saturated carbocycles. The number of rotatable bonds is 5. The smallest absolute Gasteiger partial charge is 0.238 e. The molecule has 0 N–H and O–H groups in total. The number of aromatic nitrogens is 4. The maximum Gasteiger partial charge on any atom is 0.238 e. The molecule has 288 valence electrons. The van der Waals surface area contributed by atoms with Gasteiger partial charge in [0.15, 0.2) is 17.2 Å². The van der Waals surface area contributed by atoms with Gasteiger partial charge in [-0.05, 0) is 66.7 Å². The topological polar surface area (TPSA) is 56.7 Å². The second kappa shape index (κ2) is 13.6. The van der Waals surface area contributed by atoms with Crippen LogP contribution in [-0.4, -0.2) is 19.5 Å². The molecule has 0 spiro atoms. The van der Waals surface area contributed by atoms with Crippen LogP contribution in [0.15, 0.2) is 211 Å². The summed E-state index contributed by atoms with van der Waals surface area (Å²) in [4.78, 5) is 16.0. The van der Waals surface area contributed by atoms with Crippen molar-refractivity contribution in [2.75, 3.05) is 0 Å². The Morgan fingerprint density at radius 1 is 0.339 bits per heavy atom. The monoisotopic (exact) mass is 790 g/mol. The second-order valence-corrected chi connectivity index (χ2v) is 15.9. The van der Waals surface area contributed by atoms with Gasteiger partial charge in [-0.2, -0.15) is 9.97 Å². The molecule has 5 nitrogen and oxygen atoms in total. The first-order valence-corrected chi connectivity index (χ1v) is 20.9. The van der Waals surface area contributed by atoms with Crippen LogP contribution in [0.1, 0.15) is 0 Å². The molecule has 10 aromatic carbocycles. The van der Waals surface area contributed by atoms with Gasteiger partial charge in [-0.3, -0.25) is 4.57 Å². The Kier molecular flexibility index (Phi) is 7.54. The molecule has 0 aliphatic carbocycles. The van der Waals surface area contributed by atoms with Crippen LogP contribution in [0.4, 0.5) is 0 Å². The average molecular weight is 791 g/mol. The molecular weight excluding hydrogens is 757 g/mol. The molecule has 0 radical (unpaired) electrons. The molecule has 13 rings (SSSR count). The van der Waals surface area contributed by atoms with E-state index in [1.165, 1.54) is 32.7 Å². The van der Waals surface area contributed by atoms with Gasteiger partial charge >= 0.3 is 0 Å². The maximum absolute atomic E-state index is 6.87. The Morgan fingerprint density at radius 3 is 1.39 bits per heavy atom. The summed E-state index contributed by atoms with van der Waals surface area (Å²) in [5, 5.41) is 11.5. The number of nitrogens with zero attached hydrogens (tertiary/aromatic N) is 4. The highest BCUT2D eigenvalue weighted by molar-refractivity contribution is 6.35. The minimum Gasteiger partial charge on any atom is -0.454 e. The van der Waals surface area contributed by atoms with Crippen LogP contribution in [0.3, 0.4) is 0 Å². The first kappa shape index (κ1) is 34.5. The van der Waals surface area contributed by atoms with Crippen LogP contribution in [0.5, 0.6) is 0 Å². The molecule has 13 aromatic rings. The van der Waals surface area contributed by atoms with Crippen molar-refractivity contribution in [2.24, 2.45) is 0 Å². The van der Waals surface area contributed by atoms with Crippen molar-refractivity contribution in [3.05, 3.63) is 206 Å². The third-order valence-electron chi connectivity index (χ3n) is 12.5. The van der Waals surface area contributed by atoms with E-state index in [-0.39, 0.29) is 0 Å². The largest absolute Gasteiger partial charge is 0.454 e. The highest BCUT2D eigenvalue weighted by atomic mass is 16.3. The van der Waals surface area contributed by atoms with Crippen molar-refractivity contribution in [3.63, 3.8) is 0 Å². The van der Waals surface area contributed by atoms with Crippen molar-refractivity contribution < 1.29 is 4.42 Å². The van der Waals surface area contributed by atoms with E-state index in [1.807, 2.05) is 12.1 Å². The molecule has 0 bridgehead atoms. The molecular formula is C57H34N4O. The van der Waals surface area contributed by atoms with Crippen molar-refractivity contribution in [1.29, 1.82) is 0 Å². The fourth-order valence-electron chi connectivity index (χ4n) is 9.61. The Bertz CT molecular complexity index is 3770. The Balaban J connectivity index is 1.06. The molecule has 62 heavy (non-hydrogen) atoms. The molecule has 5 heteroatoms. The van der Waals surface area contributed by atoms with Gasteiger partial charge in [-0.1, -0.05) is 194 Å². The lowest BCUT2D eigenvalue weighted by atomic mass is 9.97. The van der Waals surface area contributed by atoms with Gasteiger partial charge in [0.2, 0.25) is 5.95 Å². The van der Waals surface area contributed by atoms with Gasteiger partial charge in [0, 0.05) is 32.7 Å². The number of para-hydroxylation sites is 2. The van der Waals surface area contributed by atoms with Crippen LogP contribution >= 0.6 is 0 Å². The summed E-state index contributed by atoms with van der Waals surface area (Å²) in [5.74, 6) is 1.69. The number of hydrogen-bond donors (Lipinski definition) is 0. The summed E-state index contributed by atoms with van der Waals surface area (Å²) in [6.07, 6.45) is 0. The predicted octanol–water partition coefficient (Wildman–Crippen LogP) is 15.0. The van der Waals surface area contributed by atoms with Crippen LogP contribution in [0.25, 0.3) is 127 Å². The van der Waals surface area contributed by atoms with Crippen LogP contribution in [0.2, 0.25) is 0 Å². The Labute approximate surface area is 355 Å². The van der Waals surface area contributed by atoms with Gasteiger partial charge in [0.05, 0.1) is 5.52 Å². The first-order chi connectivity index (χ1) is 30.7. The molecule has 3 aromatic heterocycles. The fourth-order valence-corrected chi connectivity index (χ4v) is 9.61. The van der Waals surface area contributed by atoms with E-state index in [9.17, 15) is 0 Å². The average Bonchev–Trinajstić information content (AvgIpc) is 3.91. The van der Waals surface area contributed by atoms with Crippen molar-refractivity contribution in [2.45, 2.75) is 0 Å². The van der Waals surface area contributed by atoms with E-state index in [4.69, 9.17) is 19.4 Å². The number of hydrogen-bond acceptors (Lipinski definition) is 4. The SMILES string of the molecule is c1ccc2c(-c3ccc(-c4nc(-c5ccc(-c6cccc7ccccc67)cc5)nc(-n5c6ccccc6c6c7ccccc7c7c8ccccc8oc7c65)n4)cc3)cccc2c1. The van der Waals surface area contributed by atoms with Gasteiger partial charge in [-0.15, -0.1) is 0 Å². The third-order valence-corrected chi connectivity index (χ3v) is 12.5. The predicted molar refractivity (Wildman–Crippen MR) is 256 cm³/mol. The number of furan rings is 1. The van der Waals surface area contributed by atoms with Crippen LogP contribution < -0.4 is 0 Å². The fraction of sp³-hybridized carbons (Fsp3) is 0. The summed E-state index contributed by atoms with van der Waals surface area (Å²) in [6, 6.07) is 72.6. The molecule has 0 aliphatic heterocycles. The lowest BCUT2D eigenvalue weighted by molar-refractivity contribution is 0.671. The summed E-state index contributed by atoms with van der Waals surface area (Å²) >= 11 is 0. The minimum absolute atomic E-state index is 0.518. The van der Waals surface area contributed by atoms with E-state index in [1.54, 1.807) is 0 Å². The highest BCUT2D eigenvalue weighted by Crippen LogP contribution is 2.45. The second-order valence-electron chi connectivity index (χ2n) is 15.9. The molecule has 3 heterocycles. The summed E-state index contributed by atoms with van der Waals surface area (Å²) in [7, 11) is 0. The van der Waals surface area contributed by atoms with Gasteiger partial charge in [-0.25, -0.2) is 4.98 Å². The van der Waals surface area contributed by atoms with Gasteiger partial charge < -0.3 is 4.42 Å². The molecule has 0 atom stereocenters. The van der Waals surface area contributed by atoms with E-state index >= 15 is 0 Å². The zero-order chi connectivity index (χ0) is 40.7. The van der Waals surface area contributed by atoms with E-state index in [0.717, 1.165) is 76.8 Å². The Hall–Kier alpha value is -8.41. The molecule has 0 aliphatic rings. The normalized spacial score (nSPS) is 11.9. The van der Waals surface area contributed by atoms with Crippen molar-refractivity contribution in [1.82, 2.24) is 19.5 Å². The lowest BCUT2D eigenvalue weighted by Gasteiger charge is -2.13. The molecule has 0 fully saturated rings. The number of fused-ring (bicyclic) bond motifs is 12. The lowest BCUT2D eigenvalue weighted by Crippen LogP contribution is -2.06. The van der Waals surface area contributed by atoms with E-state index in [0.29, 0.717) is 17.6 Å². The standard InChI is InChI=1S/C57H34N4O/c1-3-17-41-35(13-1)15-11-23-43(41)37-27-31-39(32-28-37)55-58-56(40-33-29-38(30-34-40)44-24-12-16-36-14-2-4-18-42(36)44)60-57(59-55)61-49-25-9-7-21-47(49)51-45-19-5-6-20-46(45)52-48-22-8-10-26-50(48)62-54(52)53(51)61/h1-34H. The Morgan fingerprint density at radius 2 is 0.790 bits per heavy atom. The molecule has 0 unspecified atom stereocenters. The molecule has 0 amide bonds. The van der Waals surface area contributed by atoms with Crippen molar-refractivity contribution in [3.8, 4) is 51.0 Å². The quantitative estimate of drug-likeness (QED) is 0.174. The number of benzene rings is 10. The maximum atomic E-state index is 6.87. The summed E-state index contributed by atoms with van der Waals surface area (Å²) in [5.41, 5.74) is 9.98. The summed E-state index contributed by atoms with van der Waals surface area (Å²) in [6.45, 7) is 0. The third kappa shape index (κ3) is 5.25. The first-order valence-electron chi connectivity index (χ1n) is 20.9.